The van der Waals surface area contributed by atoms with Crippen molar-refractivity contribution in [3.8, 4) is 0 Å². The Morgan fingerprint density at radius 3 is 2.44 bits per heavy atom. The molecule has 0 aromatic rings. The standard InChI is InChI=1S/C14H29NS/c1-14(2,3)8-9-15-10-11-16-12-13-6-4-5-7-13/h13,15H,4-12H2,1-3H3. The zero-order chi connectivity index (χ0) is 11.9. The fourth-order valence-corrected chi connectivity index (χ4v) is 3.28. The van der Waals surface area contributed by atoms with Gasteiger partial charge in [-0.15, -0.1) is 0 Å². The maximum Gasteiger partial charge on any atom is 0.00582 e. The molecule has 0 aliphatic heterocycles. The minimum atomic E-state index is 0.476. The van der Waals surface area contributed by atoms with E-state index in [1.165, 1.54) is 56.7 Å². The highest BCUT2D eigenvalue weighted by Crippen LogP contribution is 2.27. The first-order chi connectivity index (χ1) is 7.58. The molecule has 1 saturated carbocycles. The minimum absolute atomic E-state index is 0.476. The molecule has 1 aliphatic carbocycles. The number of nitrogens with one attached hydrogen (secondary N) is 1. The first-order valence-corrected chi connectivity index (χ1v) is 8.02. The van der Waals surface area contributed by atoms with E-state index in [4.69, 9.17) is 0 Å². The molecule has 1 rings (SSSR count). The molecule has 1 nitrogen and oxygen atoms in total. The van der Waals surface area contributed by atoms with Gasteiger partial charge in [0, 0.05) is 12.3 Å². The van der Waals surface area contributed by atoms with Gasteiger partial charge in [-0.25, -0.2) is 0 Å². The van der Waals surface area contributed by atoms with Crippen LogP contribution < -0.4 is 5.32 Å². The summed E-state index contributed by atoms with van der Waals surface area (Å²) in [6.45, 7) is 9.29. The van der Waals surface area contributed by atoms with Crippen LogP contribution in [0, 0.1) is 11.3 Å². The van der Waals surface area contributed by atoms with Crippen molar-refractivity contribution in [2.45, 2.75) is 52.9 Å². The molecule has 0 heterocycles. The molecule has 0 amide bonds. The van der Waals surface area contributed by atoms with Crippen molar-refractivity contribution in [3.05, 3.63) is 0 Å². The quantitative estimate of drug-likeness (QED) is 0.680. The fourth-order valence-electron chi connectivity index (χ4n) is 2.16. The van der Waals surface area contributed by atoms with Crippen molar-refractivity contribution in [1.29, 1.82) is 0 Å². The maximum atomic E-state index is 3.55. The third-order valence-electron chi connectivity index (χ3n) is 3.30. The molecule has 0 saturated heterocycles. The zero-order valence-corrected chi connectivity index (χ0v) is 12.2. The molecular formula is C14H29NS. The fraction of sp³-hybridized carbons (Fsp3) is 1.00. The monoisotopic (exact) mass is 243 g/mol. The number of hydrogen-bond donors (Lipinski definition) is 1. The van der Waals surface area contributed by atoms with Gasteiger partial charge in [-0.05, 0) is 42.9 Å². The molecule has 1 fully saturated rings. The summed E-state index contributed by atoms with van der Waals surface area (Å²) in [7, 11) is 0. The Kier molecular flexibility index (Phi) is 6.83. The smallest absolute Gasteiger partial charge is 0.00582 e. The first kappa shape index (κ1) is 14.4. The lowest BCUT2D eigenvalue weighted by atomic mass is 9.92. The van der Waals surface area contributed by atoms with Crippen LogP contribution in [0.1, 0.15) is 52.9 Å². The van der Waals surface area contributed by atoms with Crippen LogP contribution in [0.25, 0.3) is 0 Å². The molecule has 0 aromatic carbocycles. The average molecular weight is 243 g/mol. The Hall–Kier alpha value is 0.310. The molecule has 1 aliphatic rings. The van der Waals surface area contributed by atoms with Gasteiger partial charge in [0.2, 0.25) is 0 Å². The van der Waals surface area contributed by atoms with Crippen molar-refractivity contribution in [2.24, 2.45) is 11.3 Å². The molecule has 0 radical (unpaired) electrons. The number of thioether (sulfide) groups is 1. The van der Waals surface area contributed by atoms with E-state index >= 15 is 0 Å². The van der Waals surface area contributed by atoms with Crippen LogP contribution >= 0.6 is 11.8 Å². The highest BCUT2D eigenvalue weighted by molar-refractivity contribution is 7.99. The average Bonchev–Trinajstić information content (AvgIpc) is 2.67. The largest absolute Gasteiger partial charge is 0.316 e. The van der Waals surface area contributed by atoms with Crippen LogP contribution in [-0.4, -0.2) is 24.6 Å². The Morgan fingerprint density at radius 2 is 1.81 bits per heavy atom. The SMILES string of the molecule is CC(C)(C)CCNCCSCC1CCCC1. The van der Waals surface area contributed by atoms with Gasteiger partial charge in [-0.1, -0.05) is 33.6 Å². The second kappa shape index (κ2) is 7.60. The van der Waals surface area contributed by atoms with Crippen LogP contribution in [0.3, 0.4) is 0 Å². The Labute approximate surface area is 106 Å². The van der Waals surface area contributed by atoms with Crippen LogP contribution in [0.5, 0.6) is 0 Å². The number of hydrogen-bond acceptors (Lipinski definition) is 2. The summed E-state index contributed by atoms with van der Waals surface area (Å²) >= 11 is 2.15. The van der Waals surface area contributed by atoms with Crippen LogP contribution in [0.2, 0.25) is 0 Å². The molecule has 1 N–H and O–H groups in total. The molecule has 0 aromatic heterocycles. The van der Waals surface area contributed by atoms with Crippen molar-refractivity contribution in [3.63, 3.8) is 0 Å². The van der Waals surface area contributed by atoms with Crippen LogP contribution in [0.15, 0.2) is 0 Å². The van der Waals surface area contributed by atoms with Crippen LogP contribution in [-0.2, 0) is 0 Å². The van der Waals surface area contributed by atoms with Crippen LogP contribution in [0.4, 0.5) is 0 Å². The second-order valence-corrected chi connectivity index (χ2v) is 7.44. The highest BCUT2D eigenvalue weighted by Gasteiger charge is 2.14. The molecular weight excluding hydrogens is 214 g/mol. The predicted octanol–water partition coefficient (Wildman–Crippen LogP) is 3.94. The van der Waals surface area contributed by atoms with Gasteiger partial charge >= 0.3 is 0 Å². The second-order valence-electron chi connectivity index (χ2n) is 6.29. The van der Waals surface area contributed by atoms with Crippen molar-refractivity contribution in [1.82, 2.24) is 5.32 Å². The molecule has 0 bridgehead atoms. The lowest BCUT2D eigenvalue weighted by Crippen LogP contribution is -2.22. The summed E-state index contributed by atoms with van der Waals surface area (Å²) in [6.07, 6.45) is 7.22. The van der Waals surface area contributed by atoms with E-state index in [9.17, 15) is 0 Å². The summed E-state index contributed by atoms with van der Waals surface area (Å²) in [5.41, 5.74) is 0.476. The number of rotatable bonds is 7. The molecule has 0 unspecified atom stereocenters. The Balaban J connectivity index is 1.81. The summed E-state index contributed by atoms with van der Waals surface area (Å²) < 4.78 is 0. The van der Waals surface area contributed by atoms with E-state index in [1.54, 1.807) is 0 Å². The third kappa shape index (κ3) is 7.56. The van der Waals surface area contributed by atoms with E-state index in [0.717, 1.165) is 5.92 Å². The van der Waals surface area contributed by atoms with Crippen molar-refractivity contribution < 1.29 is 0 Å². The van der Waals surface area contributed by atoms with Crippen molar-refractivity contribution >= 4 is 11.8 Å². The lowest BCUT2D eigenvalue weighted by Gasteiger charge is -2.18. The third-order valence-corrected chi connectivity index (χ3v) is 4.50. The molecule has 96 valence electrons. The first-order valence-electron chi connectivity index (χ1n) is 6.86. The topological polar surface area (TPSA) is 12.0 Å². The van der Waals surface area contributed by atoms with Gasteiger partial charge in [0.15, 0.2) is 0 Å². The van der Waals surface area contributed by atoms with E-state index in [2.05, 4.69) is 37.8 Å². The van der Waals surface area contributed by atoms with Gasteiger partial charge in [-0.2, -0.15) is 11.8 Å². The maximum absolute atomic E-state index is 3.55. The predicted molar refractivity (Wildman–Crippen MR) is 76.2 cm³/mol. The highest BCUT2D eigenvalue weighted by atomic mass is 32.2. The zero-order valence-electron chi connectivity index (χ0n) is 11.3. The van der Waals surface area contributed by atoms with E-state index in [-0.39, 0.29) is 0 Å². The van der Waals surface area contributed by atoms with Gasteiger partial charge in [-0.3, -0.25) is 0 Å². The lowest BCUT2D eigenvalue weighted by molar-refractivity contribution is 0.369. The normalized spacial score (nSPS) is 18.2. The summed E-state index contributed by atoms with van der Waals surface area (Å²) in [5.74, 6) is 3.74. The molecule has 0 atom stereocenters. The van der Waals surface area contributed by atoms with E-state index in [1.807, 2.05) is 0 Å². The Morgan fingerprint density at radius 1 is 1.12 bits per heavy atom. The summed E-state index contributed by atoms with van der Waals surface area (Å²) in [6, 6.07) is 0. The minimum Gasteiger partial charge on any atom is -0.316 e. The van der Waals surface area contributed by atoms with E-state index in [0.29, 0.717) is 5.41 Å². The van der Waals surface area contributed by atoms with Gasteiger partial charge < -0.3 is 5.32 Å². The summed E-state index contributed by atoms with van der Waals surface area (Å²) in [5, 5.41) is 3.55. The van der Waals surface area contributed by atoms with Crippen molar-refractivity contribution in [2.75, 3.05) is 24.6 Å². The molecule has 16 heavy (non-hydrogen) atoms. The van der Waals surface area contributed by atoms with Gasteiger partial charge in [0.05, 0.1) is 0 Å². The molecule has 0 spiro atoms. The summed E-state index contributed by atoms with van der Waals surface area (Å²) in [4.78, 5) is 0. The van der Waals surface area contributed by atoms with Gasteiger partial charge in [0.25, 0.3) is 0 Å². The van der Waals surface area contributed by atoms with Gasteiger partial charge in [0.1, 0.15) is 0 Å². The van der Waals surface area contributed by atoms with E-state index < -0.39 is 0 Å². The molecule has 2 heteroatoms. The Bertz CT molecular complexity index is 168.